The zero-order chi connectivity index (χ0) is 15.1. The van der Waals surface area contributed by atoms with Gasteiger partial charge in [-0.15, -0.1) is 0 Å². The predicted molar refractivity (Wildman–Crippen MR) is 86.0 cm³/mol. The Kier molecular flexibility index (Phi) is 5.51. The van der Waals surface area contributed by atoms with E-state index in [0.29, 0.717) is 6.61 Å². The molecule has 0 fully saturated rings. The van der Waals surface area contributed by atoms with Gasteiger partial charge in [0.05, 0.1) is 6.61 Å². The average Bonchev–Trinajstić information content (AvgIpc) is 2.49. The van der Waals surface area contributed by atoms with E-state index >= 15 is 0 Å². The van der Waals surface area contributed by atoms with Crippen molar-refractivity contribution in [3.8, 4) is 0 Å². The monoisotopic (exact) mass is 286 g/mol. The molecule has 0 spiro atoms. The van der Waals surface area contributed by atoms with E-state index in [1.54, 1.807) is 13.4 Å². The molecule has 2 N–H and O–H groups in total. The summed E-state index contributed by atoms with van der Waals surface area (Å²) < 4.78 is 5.16. The number of methoxy groups -OCH3 is 1. The lowest BCUT2D eigenvalue weighted by atomic mass is 10.2. The van der Waals surface area contributed by atoms with E-state index in [9.17, 15) is 0 Å². The van der Waals surface area contributed by atoms with Crippen molar-refractivity contribution >= 4 is 17.3 Å². The Hall–Kier alpha value is -2.14. The third-order valence-electron chi connectivity index (χ3n) is 3.13. The van der Waals surface area contributed by atoms with Crippen molar-refractivity contribution in [1.29, 1.82) is 0 Å². The molecule has 1 heterocycles. The van der Waals surface area contributed by atoms with E-state index in [4.69, 9.17) is 4.74 Å². The maximum absolute atomic E-state index is 5.16. The molecule has 21 heavy (non-hydrogen) atoms. The van der Waals surface area contributed by atoms with Crippen molar-refractivity contribution in [3.63, 3.8) is 0 Å². The third-order valence-corrected chi connectivity index (χ3v) is 3.13. The normalized spacial score (nSPS) is 10.4. The summed E-state index contributed by atoms with van der Waals surface area (Å²) in [6, 6.07) is 8.11. The first-order valence-corrected chi connectivity index (χ1v) is 7.15. The standard InChI is InChI=1S/C16H22N4O/c1-4-8-17-15-12(2)16(19-11-18-15)20-14-7-5-6-13(9-14)10-21-3/h5-7,9,11H,4,8,10H2,1-3H3,(H2,17,18,19,20). The van der Waals surface area contributed by atoms with Crippen LogP contribution in [0.3, 0.4) is 0 Å². The van der Waals surface area contributed by atoms with E-state index in [1.165, 1.54) is 0 Å². The van der Waals surface area contributed by atoms with E-state index in [-0.39, 0.29) is 0 Å². The predicted octanol–water partition coefficient (Wildman–Crippen LogP) is 3.50. The van der Waals surface area contributed by atoms with Gasteiger partial charge in [0.1, 0.15) is 18.0 Å². The van der Waals surface area contributed by atoms with Gasteiger partial charge < -0.3 is 15.4 Å². The molecule has 112 valence electrons. The van der Waals surface area contributed by atoms with Gasteiger partial charge in [-0.1, -0.05) is 19.1 Å². The fourth-order valence-corrected chi connectivity index (χ4v) is 2.04. The summed E-state index contributed by atoms with van der Waals surface area (Å²) in [6.07, 6.45) is 2.64. The topological polar surface area (TPSA) is 59.1 Å². The van der Waals surface area contributed by atoms with Crippen LogP contribution >= 0.6 is 0 Å². The fourth-order valence-electron chi connectivity index (χ4n) is 2.04. The molecule has 0 aliphatic carbocycles. The van der Waals surface area contributed by atoms with E-state index < -0.39 is 0 Å². The summed E-state index contributed by atoms with van der Waals surface area (Å²) in [5.74, 6) is 1.69. The van der Waals surface area contributed by atoms with Gasteiger partial charge in [-0.3, -0.25) is 0 Å². The third kappa shape index (κ3) is 4.16. The second-order valence-electron chi connectivity index (χ2n) is 4.88. The van der Waals surface area contributed by atoms with E-state index in [0.717, 1.165) is 41.4 Å². The molecule has 0 atom stereocenters. The minimum Gasteiger partial charge on any atom is -0.380 e. The highest BCUT2D eigenvalue weighted by Gasteiger charge is 2.07. The first-order chi connectivity index (χ1) is 10.2. The SMILES string of the molecule is CCCNc1ncnc(Nc2cccc(COC)c2)c1C. The molecule has 1 aromatic heterocycles. The summed E-state index contributed by atoms with van der Waals surface area (Å²) in [7, 11) is 1.69. The Bertz CT molecular complexity index is 586. The van der Waals surface area contributed by atoms with Crippen LogP contribution in [0.15, 0.2) is 30.6 Å². The van der Waals surface area contributed by atoms with Gasteiger partial charge in [-0.2, -0.15) is 0 Å². The van der Waals surface area contributed by atoms with Gasteiger partial charge >= 0.3 is 0 Å². The number of ether oxygens (including phenoxy) is 1. The molecule has 0 saturated heterocycles. The molecule has 1 aromatic carbocycles. The quantitative estimate of drug-likeness (QED) is 0.816. The Morgan fingerprint density at radius 3 is 2.76 bits per heavy atom. The molecular formula is C16H22N4O. The molecule has 2 aromatic rings. The number of anilines is 3. The number of aromatic nitrogens is 2. The molecule has 0 aliphatic heterocycles. The van der Waals surface area contributed by atoms with Crippen LogP contribution in [0.2, 0.25) is 0 Å². The lowest BCUT2D eigenvalue weighted by Gasteiger charge is -2.13. The molecular weight excluding hydrogens is 264 g/mol. The van der Waals surface area contributed by atoms with Crippen LogP contribution in [0, 0.1) is 6.92 Å². The van der Waals surface area contributed by atoms with Gasteiger partial charge in [0.15, 0.2) is 0 Å². The largest absolute Gasteiger partial charge is 0.380 e. The Morgan fingerprint density at radius 2 is 2.00 bits per heavy atom. The molecule has 0 saturated carbocycles. The van der Waals surface area contributed by atoms with Crippen LogP contribution in [0.4, 0.5) is 17.3 Å². The van der Waals surface area contributed by atoms with Gasteiger partial charge in [-0.05, 0) is 31.0 Å². The van der Waals surface area contributed by atoms with Gasteiger partial charge in [0.2, 0.25) is 0 Å². The molecule has 0 bridgehead atoms. The average molecular weight is 286 g/mol. The lowest BCUT2D eigenvalue weighted by Crippen LogP contribution is -2.07. The Morgan fingerprint density at radius 1 is 1.19 bits per heavy atom. The zero-order valence-corrected chi connectivity index (χ0v) is 12.8. The van der Waals surface area contributed by atoms with Gasteiger partial charge in [0, 0.05) is 24.9 Å². The van der Waals surface area contributed by atoms with E-state index in [2.05, 4.69) is 33.6 Å². The minimum atomic E-state index is 0.599. The van der Waals surface area contributed by atoms with Crippen molar-refractivity contribution in [2.75, 3.05) is 24.3 Å². The van der Waals surface area contributed by atoms with Gasteiger partial charge in [0.25, 0.3) is 0 Å². The first-order valence-electron chi connectivity index (χ1n) is 7.15. The van der Waals surface area contributed by atoms with Crippen molar-refractivity contribution in [2.45, 2.75) is 26.9 Å². The minimum absolute atomic E-state index is 0.599. The molecule has 2 rings (SSSR count). The summed E-state index contributed by atoms with van der Waals surface area (Å²) in [6.45, 7) is 5.64. The van der Waals surface area contributed by atoms with Gasteiger partial charge in [-0.25, -0.2) is 9.97 Å². The molecule has 5 nitrogen and oxygen atoms in total. The number of hydrogen-bond donors (Lipinski definition) is 2. The van der Waals surface area contributed by atoms with Crippen LogP contribution in [0.25, 0.3) is 0 Å². The first kappa shape index (κ1) is 15.3. The Labute approximate surface area is 125 Å². The zero-order valence-electron chi connectivity index (χ0n) is 12.8. The van der Waals surface area contributed by atoms with Crippen LogP contribution in [0.5, 0.6) is 0 Å². The molecule has 0 aliphatic rings. The highest BCUT2D eigenvalue weighted by molar-refractivity contribution is 5.64. The summed E-state index contributed by atoms with van der Waals surface area (Å²) in [5.41, 5.74) is 3.13. The van der Waals surface area contributed by atoms with E-state index in [1.807, 2.05) is 25.1 Å². The summed E-state index contributed by atoms with van der Waals surface area (Å²) in [5, 5.41) is 6.65. The van der Waals surface area contributed by atoms with Crippen LogP contribution < -0.4 is 10.6 Å². The highest BCUT2D eigenvalue weighted by atomic mass is 16.5. The fraction of sp³-hybridized carbons (Fsp3) is 0.375. The number of nitrogens with one attached hydrogen (secondary N) is 2. The number of hydrogen-bond acceptors (Lipinski definition) is 5. The second-order valence-corrected chi connectivity index (χ2v) is 4.88. The summed E-state index contributed by atoms with van der Waals surface area (Å²) in [4.78, 5) is 8.61. The molecule has 0 amide bonds. The molecule has 0 radical (unpaired) electrons. The smallest absolute Gasteiger partial charge is 0.138 e. The van der Waals surface area contributed by atoms with Crippen LogP contribution in [-0.4, -0.2) is 23.6 Å². The van der Waals surface area contributed by atoms with Crippen LogP contribution in [-0.2, 0) is 11.3 Å². The Balaban J connectivity index is 2.17. The number of benzene rings is 1. The molecule has 5 heteroatoms. The maximum atomic E-state index is 5.16. The summed E-state index contributed by atoms with van der Waals surface area (Å²) >= 11 is 0. The second kappa shape index (κ2) is 7.59. The maximum Gasteiger partial charge on any atom is 0.138 e. The van der Waals surface area contributed by atoms with Crippen molar-refractivity contribution in [1.82, 2.24) is 9.97 Å². The van der Waals surface area contributed by atoms with Crippen molar-refractivity contribution in [2.24, 2.45) is 0 Å². The lowest BCUT2D eigenvalue weighted by molar-refractivity contribution is 0.185. The van der Waals surface area contributed by atoms with Crippen molar-refractivity contribution in [3.05, 3.63) is 41.7 Å². The molecule has 0 unspecified atom stereocenters. The van der Waals surface area contributed by atoms with Crippen molar-refractivity contribution < 1.29 is 4.74 Å². The number of nitrogens with zero attached hydrogens (tertiary/aromatic N) is 2. The van der Waals surface area contributed by atoms with Crippen LogP contribution in [0.1, 0.15) is 24.5 Å². The number of rotatable bonds is 7. The highest BCUT2D eigenvalue weighted by Crippen LogP contribution is 2.23.